The summed E-state index contributed by atoms with van der Waals surface area (Å²) in [6, 6.07) is 64.3. The van der Waals surface area contributed by atoms with Gasteiger partial charge in [-0.3, -0.25) is 14.6 Å². The van der Waals surface area contributed by atoms with E-state index < -0.39 is 114 Å². The fourth-order valence-electron chi connectivity index (χ4n) is 10.7. The number of methoxy groups -OCH3 is 1. The van der Waals surface area contributed by atoms with Crippen LogP contribution in [-0.4, -0.2) is 118 Å². The minimum atomic E-state index is -5.76. The van der Waals surface area contributed by atoms with Gasteiger partial charge < -0.3 is 54.7 Å². The Hall–Kier alpha value is -2.28. The van der Waals surface area contributed by atoms with Crippen molar-refractivity contribution in [2.45, 2.75) is 190 Å². The molecular formula is C74H88ClF11Na4O25S7+2. The van der Waals surface area contributed by atoms with E-state index in [4.69, 9.17) is 20.0 Å². The number of hydrogen-bond donors (Lipinski definition) is 3. The average molecular weight is 1940 g/mol. The molecule has 0 radical (unpaired) electrons. The maximum atomic E-state index is 12.9. The summed E-state index contributed by atoms with van der Waals surface area (Å²) in [7, 11) is -5.03. The van der Waals surface area contributed by atoms with E-state index in [1.165, 1.54) is 48.6 Å². The van der Waals surface area contributed by atoms with Gasteiger partial charge in [0, 0.05) is 0 Å². The number of halogens is 12. The molecule has 0 unspecified atom stereocenters. The number of aliphatic hydroxyl groups is 1. The van der Waals surface area contributed by atoms with Gasteiger partial charge in [-0.05, 0) is 152 Å². The van der Waals surface area contributed by atoms with Gasteiger partial charge in [0.15, 0.2) is 29.4 Å². The van der Waals surface area contributed by atoms with Crippen molar-refractivity contribution in [3.63, 3.8) is 0 Å². The van der Waals surface area contributed by atoms with Gasteiger partial charge in [0.1, 0.15) is 36.1 Å². The summed E-state index contributed by atoms with van der Waals surface area (Å²) in [6.07, 6.45) is 20.3. The molecule has 0 amide bonds. The number of aliphatic hydroxyl groups excluding tert-OH is 1. The van der Waals surface area contributed by atoms with E-state index in [0.29, 0.717) is 0 Å². The van der Waals surface area contributed by atoms with Crippen LogP contribution in [0.2, 0.25) is 0 Å². The van der Waals surface area contributed by atoms with E-state index in [1.54, 1.807) is 0 Å². The van der Waals surface area contributed by atoms with Crippen molar-refractivity contribution < 1.29 is 287 Å². The van der Waals surface area contributed by atoms with Crippen LogP contribution in [0.3, 0.4) is 0 Å². The molecule has 0 aromatic heterocycles. The van der Waals surface area contributed by atoms with Crippen LogP contribution < -0.4 is 134 Å². The summed E-state index contributed by atoms with van der Waals surface area (Å²) >= 11 is -3.08. The van der Waals surface area contributed by atoms with Gasteiger partial charge in [0.25, 0.3) is 0 Å². The van der Waals surface area contributed by atoms with Gasteiger partial charge >= 0.3 is 184 Å². The van der Waals surface area contributed by atoms with E-state index in [0.717, 1.165) is 116 Å². The van der Waals surface area contributed by atoms with Crippen LogP contribution in [0.4, 0.5) is 48.4 Å². The first kappa shape index (κ1) is 126. The first-order valence-corrected chi connectivity index (χ1v) is 42.1. The third-order valence-corrected chi connectivity index (χ3v) is 23.5. The Bertz CT molecular complexity index is 3450. The normalized spacial score (nSPS) is 14.3. The van der Waals surface area contributed by atoms with E-state index >= 15 is 0 Å². The van der Waals surface area contributed by atoms with Crippen molar-refractivity contribution in [3.8, 4) is 0 Å². The second kappa shape index (κ2) is 70.5. The molecule has 4 fully saturated rings. The largest absolute Gasteiger partial charge is 1.00 e. The molecule has 4 N–H and O–H groups in total. The predicted octanol–water partition coefficient (Wildman–Crippen LogP) is 4.71. The molecule has 0 spiro atoms. The summed E-state index contributed by atoms with van der Waals surface area (Å²) < 4.78 is 193. The van der Waals surface area contributed by atoms with Crippen LogP contribution in [0.15, 0.2) is 211 Å². The topological polar surface area (TPSA) is 381 Å². The summed E-state index contributed by atoms with van der Waals surface area (Å²) in [4.78, 5) is 60.5. The molecule has 0 heterocycles. The number of esters is 4. The number of benzene rings is 6. The summed E-state index contributed by atoms with van der Waals surface area (Å²) in [5.74, 6) is -9.62. The van der Waals surface area contributed by atoms with Crippen LogP contribution in [0.1, 0.15) is 128 Å². The van der Waals surface area contributed by atoms with E-state index in [9.17, 15) is 91.3 Å². The number of carboxylic acids is 1. The van der Waals surface area contributed by atoms with Crippen LogP contribution in [0, 0.1) is 17.8 Å². The third kappa shape index (κ3) is 51.4. The molecule has 4 aliphatic carbocycles. The molecule has 4 saturated carbocycles. The fourth-order valence-corrected chi connectivity index (χ4v) is 16.1. The number of alkyl halides is 10. The molecule has 6 aromatic carbocycles. The van der Waals surface area contributed by atoms with E-state index in [2.05, 4.69) is 233 Å². The Morgan fingerprint density at radius 3 is 0.836 bits per heavy atom. The smallest absolute Gasteiger partial charge is 0.870 e. The number of ether oxygens (including phenoxy) is 4. The number of rotatable bonds is 29. The van der Waals surface area contributed by atoms with Crippen LogP contribution in [0.5, 0.6) is 0 Å². The maximum absolute atomic E-state index is 12.9. The second-order valence-electron chi connectivity index (χ2n) is 24.8. The molecule has 0 saturated heterocycles. The Morgan fingerprint density at radius 1 is 0.402 bits per heavy atom. The van der Waals surface area contributed by atoms with E-state index in [-0.39, 0.29) is 202 Å². The summed E-state index contributed by atoms with van der Waals surface area (Å²) in [5, 5.41) is 31.2. The Morgan fingerprint density at radius 2 is 0.639 bits per heavy atom. The number of hydrogen-bond acceptors (Lipinski definition) is 27. The van der Waals surface area contributed by atoms with Gasteiger partial charge in [-0.25, -0.2) is 24.0 Å². The molecule has 0 bridgehead atoms. The molecular weight excluding hydrogens is 1850 g/mol. The molecule has 25 nitrogen and oxygen atoms in total. The van der Waals surface area contributed by atoms with Crippen LogP contribution in [0.25, 0.3) is 0 Å². The van der Waals surface area contributed by atoms with Crippen molar-refractivity contribution in [3.05, 3.63) is 182 Å². The van der Waals surface area contributed by atoms with E-state index in [1.807, 2.05) is 0 Å². The standard InChI is InChI=1S/2C18H15S.3C9H14F2O5S.C6H12O.C3H3F3O4S.C2H2F2O4S.ClH.4Na.H2O/c2*1-4-10-16(11-5-1)19(17-12-6-2-7-13-17)18-14-8-3-9-15-18;10-9(11,17(13,14)15)8(12)16-6-7-4-2-1-3-5-7;2*10-9(11,17-16-15-13)8(12)14-6-7-4-2-1-3-5-7;7-6-4-2-1-3-5-6;1-8-2(7)3(4,5)11-10-9-6;3-2(4,1(5)6)9-8-7;;;;;;/h2*1-15H;7H,1-6H2,(H,13,14,15);2*7,13H,1-6H2;6-7H,1-5H2;1H3;7H,(H,5,6);1H;;;;;1H2/q2*+1;;;;;;;;4*+1;/p-4. The van der Waals surface area contributed by atoms with Gasteiger partial charge in [-0.2, -0.15) is 61.0 Å². The third-order valence-electron chi connectivity index (χ3n) is 16.3. The van der Waals surface area contributed by atoms with Crippen molar-refractivity contribution in [1.82, 2.24) is 0 Å². The monoisotopic (exact) mass is 1940 g/mol. The number of carbonyl (C=O) groups excluding carboxylic acids is 4. The molecule has 662 valence electrons. The summed E-state index contributed by atoms with van der Waals surface area (Å²) in [5.41, 5.74) is 0. The minimum Gasteiger partial charge on any atom is -0.870 e. The Balaban J connectivity index is -0.000000658. The molecule has 0 atom stereocenters. The zero-order valence-electron chi connectivity index (χ0n) is 66.7. The van der Waals surface area contributed by atoms with Crippen molar-refractivity contribution >= 4 is 122 Å². The molecule has 0 aliphatic heterocycles. The zero-order valence-corrected chi connectivity index (χ0v) is 81.2. The molecule has 4 aliphatic rings. The maximum Gasteiger partial charge on any atom is 1.00 e. The van der Waals surface area contributed by atoms with Crippen molar-refractivity contribution in [2.24, 2.45) is 17.8 Å². The molecule has 10 rings (SSSR count). The Kier molecular flexibility index (Phi) is 72.9. The number of carbonyl (C=O) groups is 5. The average Bonchev–Trinajstić information content (AvgIpc) is 0.822. The Labute approximate surface area is 816 Å². The zero-order chi connectivity index (χ0) is 85.9. The van der Waals surface area contributed by atoms with Gasteiger partial charge in [-0.15, -0.1) is 16.7 Å². The van der Waals surface area contributed by atoms with Crippen LogP contribution >= 0.6 is 60.6 Å². The van der Waals surface area contributed by atoms with Crippen LogP contribution in [-0.2, 0) is 107 Å². The number of carboxylic acid groups (broad SMARTS) is 1. The van der Waals surface area contributed by atoms with Gasteiger partial charge in [0.05, 0.1) is 66.9 Å². The first-order chi connectivity index (χ1) is 55.2. The second-order valence-corrected chi connectivity index (χ2v) is 33.5. The minimum absolute atomic E-state index is 0. The fraction of sp³-hybridized carbons (Fsp3) is 0.446. The molecule has 6 aromatic rings. The predicted molar refractivity (Wildman–Crippen MR) is 409 cm³/mol. The van der Waals surface area contributed by atoms with Crippen molar-refractivity contribution in [2.75, 3.05) is 26.9 Å². The first-order valence-electron chi connectivity index (χ1n) is 35.3. The van der Waals surface area contributed by atoms with Gasteiger partial charge in [-0.1, -0.05) is 186 Å². The summed E-state index contributed by atoms with van der Waals surface area (Å²) in [6.45, 7) is -0.273. The molecule has 122 heavy (non-hydrogen) atoms. The SMILES string of the molecule is COC(=O)C(F)(F)SOOF.Cl.O=C(O)C(F)(F)SO[O-].O=C(OCC1CCCCC1)C(F)(F)S(=O)(=O)O.O=C(OCC1CCCCC1)C(F)(F)SOO[O-].O=C(OCC1CCCCC1)C(F)(F)SOO[O-].OC1CCCCC1.[Na+].[Na+].[Na+].[Na+].[OH-].c1ccc([S+](c2ccccc2)c2ccccc2)cc1.c1ccc([S+](c2ccccc2)c2ccccc2)cc1. The quantitative estimate of drug-likeness (QED) is 0.00658. The van der Waals surface area contributed by atoms with Gasteiger partial charge in [0.2, 0.25) is 0 Å². The van der Waals surface area contributed by atoms with Crippen molar-refractivity contribution in [1.29, 1.82) is 0 Å². The molecule has 48 heteroatoms. The number of aliphatic carboxylic acids is 1.